The summed E-state index contributed by atoms with van der Waals surface area (Å²) < 4.78 is 11.3. The molecule has 7 heteroatoms. The number of hydrogen-bond donors (Lipinski definition) is 5. The van der Waals surface area contributed by atoms with Crippen LogP contribution in [0.25, 0.3) is 0 Å². The molecule has 1 aliphatic heterocycles. The van der Waals surface area contributed by atoms with E-state index in [9.17, 15) is 25.5 Å². The minimum atomic E-state index is -1.45. The molecule has 0 bridgehead atoms. The number of rotatable bonds is 5. The molecule has 0 saturated carbocycles. The second-order valence-electron chi connectivity index (χ2n) is 8.08. The molecule has 3 unspecified atom stereocenters. The first-order chi connectivity index (χ1) is 12.1. The third-order valence-electron chi connectivity index (χ3n) is 5.25. The maximum absolute atomic E-state index is 10.1. The molecule has 0 radical (unpaired) electrons. The van der Waals surface area contributed by atoms with Crippen molar-refractivity contribution in [3.05, 3.63) is 23.8 Å². The predicted octanol–water partition coefficient (Wildman–Crippen LogP) is 0.101. The molecular formula is C19H32O7. The topological polar surface area (TPSA) is 120 Å². The normalized spacial score (nSPS) is 41.9. The molecule has 2 rings (SSSR count). The van der Waals surface area contributed by atoms with Gasteiger partial charge in [-0.1, -0.05) is 37.6 Å². The smallest absolute Gasteiger partial charge is 0.187 e. The monoisotopic (exact) mass is 372 g/mol. The molecule has 0 aromatic carbocycles. The molecule has 0 aromatic heterocycles. The van der Waals surface area contributed by atoms with Crippen LogP contribution in [0.2, 0.25) is 0 Å². The zero-order chi connectivity index (χ0) is 19.6. The minimum Gasteiger partial charge on any atom is -0.394 e. The molecule has 0 spiro atoms. The molecular weight excluding hydrogens is 340 g/mol. The summed E-state index contributed by atoms with van der Waals surface area (Å²) in [5.41, 5.74) is 0.927. The van der Waals surface area contributed by atoms with Gasteiger partial charge in [0.2, 0.25) is 0 Å². The van der Waals surface area contributed by atoms with E-state index in [4.69, 9.17) is 9.47 Å². The second kappa shape index (κ2) is 8.48. The quantitative estimate of drug-likeness (QED) is 0.434. The zero-order valence-electron chi connectivity index (χ0n) is 15.8. The molecule has 8 atom stereocenters. The van der Waals surface area contributed by atoms with Crippen LogP contribution in [0.4, 0.5) is 0 Å². The van der Waals surface area contributed by atoms with Gasteiger partial charge in [-0.05, 0) is 25.7 Å². The van der Waals surface area contributed by atoms with E-state index in [0.29, 0.717) is 6.42 Å². The Kier molecular flexibility index (Phi) is 7.01. The summed E-state index contributed by atoms with van der Waals surface area (Å²) >= 11 is 0. The minimum absolute atomic E-state index is 0.145. The van der Waals surface area contributed by atoms with Gasteiger partial charge in [0.05, 0.1) is 18.8 Å². The van der Waals surface area contributed by atoms with Gasteiger partial charge < -0.3 is 35.0 Å². The Morgan fingerprint density at radius 3 is 2.46 bits per heavy atom. The molecule has 1 saturated heterocycles. The van der Waals surface area contributed by atoms with Crippen molar-refractivity contribution in [2.45, 2.75) is 77.0 Å². The van der Waals surface area contributed by atoms with Gasteiger partial charge in [0, 0.05) is 5.92 Å². The Labute approximate surface area is 154 Å². The fourth-order valence-electron chi connectivity index (χ4n) is 3.84. The van der Waals surface area contributed by atoms with Gasteiger partial charge in [-0.25, -0.2) is 0 Å². The van der Waals surface area contributed by atoms with Gasteiger partial charge in [0.25, 0.3) is 0 Å². The molecule has 2 aliphatic rings. The first-order valence-corrected chi connectivity index (χ1v) is 9.07. The Morgan fingerprint density at radius 2 is 1.92 bits per heavy atom. The van der Waals surface area contributed by atoms with Crippen LogP contribution >= 0.6 is 0 Å². The lowest BCUT2D eigenvalue weighted by molar-refractivity contribution is -0.309. The van der Waals surface area contributed by atoms with Crippen molar-refractivity contribution in [1.82, 2.24) is 0 Å². The molecule has 0 amide bonds. The molecule has 5 N–H and O–H groups in total. The van der Waals surface area contributed by atoms with Gasteiger partial charge in [0.1, 0.15) is 24.4 Å². The van der Waals surface area contributed by atoms with Crippen molar-refractivity contribution >= 4 is 0 Å². The third kappa shape index (κ3) is 4.72. The van der Waals surface area contributed by atoms with E-state index in [-0.39, 0.29) is 17.4 Å². The van der Waals surface area contributed by atoms with E-state index in [0.717, 1.165) is 5.57 Å². The van der Waals surface area contributed by atoms with Crippen LogP contribution in [-0.4, -0.2) is 75.1 Å². The van der Waals surface area contributed by atoms with Crippen molar-refractivity contribution < 1.29 is 35.0 Å². The highest BCUT2D eigenvalue weighted by Crippen LogP contribution is 2.43. The van der Waals surface area contributed by atoms with Gasteiger partial charge in [0.15, 0.2) is 6.29 Å². The Hall–Kier alpha value is -0.800. The van der Waals surface area contributed by atoms with Crippen molar-refractivity contribution in [2.24, 2.45) is 11.3 Å². The third-order valence-corrected chi connectivity index (χ3v) is 5.25. The van der Waals surface area contributed by atoms with E-state index in [1.54, 1.807) is 13.0 Å². The van der Waals surface area contributed by atoms with Crippen molar-refractivity contribution in [3.8, 4) is 0 Å². The molecule has 1 heterocycles. The molecule has 26 heavy (non-hydrogen) atoms. The lowest BCUT2D eigenvalue weighted by Crippen LogP contribution is -2.59. The average molecular weight is 372 g/mol. The fourth-order valence-corrected chi connectivity index (χ4v) is 3.84. The van der Waals surface area contributed by atoms with Crippen LogP contribution in [0.3, 0.4) is 0 Å². The van der Waals surface area contributed by atoms with Crippen LogP contribution in [0.15, 0.2) is 23.8 Å². The highest BCUT2D eigenvalue weighted by atomic mass is 16.7. The van der Waals surface area contributed by atoms with Crippen LogP contribution < -0.4 is 0 Å². The summed E-state index contributed by atoms with van der Waals surface area (Å²) in [5.74, 6) is 0.145. The predicted molar refractivity (Wildman–Crippen MR) is 95.1 cm³/mol. The van der Waals surface area contributed by atoms with Crippen LogP contribution in [0, 0.1) is 11.3 Å². The van der Waals surface area contributed by atoms with Crippen LogP contribution in [-0.2, 0) is 9.47 Å². The summed E-state index contributed by atoms with van der Waals surface area (Å²) in [6.07, 6.45) is -0.871. The summed E-state index contributed by atoms with van der Waals surface area (Å²) in [5, 5.41) is 48.7. The standard InChI is InChI=1S/C19H32O7/c1-10-7-12(8-19(3,4)13(10)6-5-11(2)21)25-18-17(24)16(23)15(22)14(9-20)26-18/h5-7,11-18,20-24H,8-9H2,1-4H3/b6-5+/t11?,12?,13?,14-,15-,16+,17-,18-/m1/s1. The maximum Gasteiger partial charge on any atom is 0.187 e. The number of ether oxygens (including phenoxy) is 2. The lowest BCUT2D eigenvalue weighted by Gasteiger charge is -2.44. The van der Waals surface area contributed by atoms with Gasteiger partial charge in [-0.2, -0.15) is 0 Å². The first-order valence-electron chi connectivity index (χ1n) is 9.07. The molecule has 1 aliphatic carbocycles. The van der Waals surface area contributed by atoms with Gasteiger partial charge in [-0.3, -0.25) is 0 Å². The van der Waals surface area contributed by atoms with Crippen LogP contribution in [0.1, 0.15) is 34.1 Å². The fraction of sp³-hybridized carbons (Fsp3) is 0.789. The van der Waals surface area contributed by atoms with E-state index in [1.807, 2.05) is 19.1 Å². The summed E-state index contributed by atoms with van der Waals surface area (Å²) in [4.78, 5) is 0. The summed E-state index contributed by atoms with van der Waals surface area (Å²) in [6, 6.07) is 0. The average Bonchev–Trinajstić information content (AvgIpc) is 2.53. The second-order valence-corrected chi connectivity index (χ2v) is 8.08. The first kappa shape index (κ1) is 21.5. The van der Waals surface area contributed by atoms with E-state index in [1.165, 1.54) is 0 Å². The van der Waals surface area contributed by atoms with Gasteiger partial charge >= 0.3 is 0 Å². The highest BCUT2D eigenvalue weighted by Gasteiger charge is 2.46. The SMILES string of the molecule is CC1=CC(O[C@@H]2O[C@H](CO)[C@@H](O)[C@H](O)[C@H]2O)CC(C)(C)C1/C=C/C(C)O. The van der Waals surface area contributed by atoms with E-state index in [2.05, 4.69) is 13.8 Å². The van der Waals surface area contributed by atoms with E-state index >= 15 is 0 Å². The van der Waals surface area contributed by atoms with Gasteiger partial charge in [-0.15, -0.1) is 0 Å². The molecule has 0 aromatic rings. The van der Waals surface area contributed by atoms with Crippen LogP contribution in [0.5, 0.6) is 0 Å². The van der Waals surface area contributed by atoms with Crippen molar-refractivity contribution in [2.75, 3.05) is 6.61 Å². The molecule has 150 valence electrons. The number of aliphatic hydroxyl groups excluding tert-OH is 5. The van der Waals surface area contributed by atoms with Crippen molar-refractivity contribution in [1.29, 1.82) is 0 Å². The maximum atomic E-state index is 10.1. The number of aliphatic hydroxyl groups is 5. The summed E-state index contributed by atoms with van der Waals surface area (Å²) in [6.45, 7) is 7.41. The Balaban J connectivity index is 2.13. The highest BCUT2D eigenvalue weighted by molar-refractivity contribution is 5.21. The Morgan fingerprint density at radius 1 is 1.27 bits per heavy atom. The lowest BCUT2D eigenvalue weighted by atomic mass is 9.67. The zero-order valence-corrected chi connectivity index (χ0v) is 15.8. The van der Waals surface area contributed by atoms with E-state index < -0.39 is 43.4 Å². The molecule has 1 fully saturated rings. The summed E-state index contributed by atoms with van der Waals surface area (Å²) in [7, 11) is 0. The number of allylic oxidation sites excluding steroid dienone is 2. The van der Waals surface area contributed by atoms with Crippen molar-refractivity contribution in [3.63, 3.8) is 0 Å². The largest absolute Gasteiger partial charge is 0.394 e. The number of hydrogen-bond acceptors (Lipinski definition) is 7. The Bertz CT molecular complexity index is 526. The molecule has 7 nitrogen and oxygen atoms in total.